The van der Waals surface area contributed by atoms with Crippen LogP contribution in [0.4, 0.5) is 4.39 Å². The van der Waals surface area contributed by atoms with Gasteiger partial charge in [-0.3, -0.25) is 0 Å². The monoisotopic (exact) mass is 416 g/mol. The summed E-state index contributed by atoms with van der Waals surface area (Å²) in [5.74, 6) is -0.0736. The van der Waals surface area contributed by atoms with Crippen molar-refractivity contribution in [3.05, 3.63) is 50.5 Å². The molecule has 1 aromatic heterocycles. The molecule has 0 radical (unpaired) electrons. The van der Waals surface area contributed by atoms with Gasteiger partial charge in [0.05, 0.1) is 33.6 Å². The van der Waals surface area contributed by atoms with E-state index in [0.29, 0.717) is 34.3 Å². The zero-order chi connectivity index (χ0) is 19.6. The van der Waals surface area contributed by atoms with Crippen LogP contribution in [0.1, 0.15) is 33.4 Å². The predicted molar refractivity (Wildman–Crippen MR) is 108 cm³/mol. The molecule has 0 spiro atoms. The lowest BCUT2D eigenvalue weighted by Crippen LogP contribution is -2.13. The van der Waals surface area contributed by atoms with Gasteiger partial charge in [-0.2, -0.15) is 0 Å². The first-order valence-electron chi connectivity index (χ1n) is 8.02. The molecule has 0 aliphatic heterocycles. The summed E-state index contributed by atoms with van der Waals surface area (Å²) in [5.41, 5.74) is 1.93. The normalized spacial score (nSPS) is 12.8. The van der Waals surface area contributed by atoms with Gasteiger partial charge in [-0.15, -0.1) is 0 Å². The first-order chi connectivity index (χ1) is 12.1. The van der Waals surface area contributed by atoms with E-state index in [1.54, 1.807) is 6.07 Å². The zero-order valence-electron chi connectivity index (χ0n) is 14.9. The van der Waals surface area contributed by atoms with Gasteiger partial charge < -0.3 is 15.1 Å². The van der Waals surface area contributed by atoms with Crippen LogP contribution in [0.25, 0.3) is 16.8 Å². The fraction of sp³-hybridized carbons (Fsp3) is 0.316. The van der Waals surface area contributed by atoms with Crippen LogP contribution in [0.5, 0.6) is 0 Å². The summed E-state index contributed by atoms with van der Waals surface area (Å²) in [6.07, 6.45) is 1.17. The van der Waals surface area contributed by atoms with Crippen molar-refractivity contribution >= 4 is 46.6 Å². The third-order valence-corrected chi connectivity index (χ3v) is 4.83. The molecule has 3 nitrogen and oxygen atoms in total. The van der Waals surface area contributed by atoms with E-state index in [1.165, 1.54) is 12.3 Å². The van der Waals surface area contributed by atoms with Crippen LogP contribution in [0, 0.1) is 16.6 Å². The number of allylic oxidation sites excluding steroid dienone is 2. The molecule has 0 atom stereocenters. The Morgan fingerprint density at radius 2 is 1.85 bits per heavy atom. The standard InChI is InChI=1S/C19H20Cl3FN2O/c1-5-26-15(9-24)16(19(2,3)4)14-8-13(21)18(25-14)11-6-10(23)7-12(20)17(11)22/h6-9,24-25H,5H2,1-4H3/b16-15-,24-9?. The fourth-order valence-corrected chi connectivity index (χ4v) is 3.41. The summed E-state index contributed by atoms with van der Waals surface area (Å²) in [6, 6.07) is 4.14. The van der Waals surface area contributed by atoms with Crippen molar-refractivity contribution in [2.45, 2.75) is 27.7 Å². The lowest BCUT2D eigenvalue weighted by Gasteiger charge is -2.24. The molecule has 0 amide bonds. The van der Waals surface area contributed by atoms with E-state index in [0.717, 1.165) is 11.6 Å². The average Bonchev–Trinajstić information content (AvgIpc) is 2.90. The Morgan fingerprint density at radius 3 is 2.38 bits per heavy atom. The van der Waals surface area contributed by atoms with Crippen molar-refractivity contribution in [1.82, 2.24) is 4.98 Å². The maximum Gasteiger partial charge on any atom is 0.142 e. The minimum Gasteiger partial charge on any atom is -0.492 e. The lowest BCUT2D eigenvalue weighted by molar-refractivity contribution is 0.249. The molecule has 0 fully saturated rings. The highest BCUT2D eigenvalue weighted by Crippen LogP contribution is 2.42. The van der Waals surface area contributed by atoms with Gasteiger partial charge in [0.25, 0.3) is 0 Å². The number of aromatic amines is 1. The van der Waals surface area contributed by atoms with Gasteiger partial charge in [0, 0.05) is 16.8 Å². The van der Waals surface area contributed by atoms with Gasteiger partial charge in [-0.05, 0) is 30.5 Å². The fourth-order valence-electron chi connectivity index (χ4n) is 2.75. The molecule has 2 N–H and O–H groups in total. The predicted octanol–water partition coefficient (Wildman–Crippen LogP) is 7.22. The highest BCUT2D eigenvalue weighted by molar-refractivity contribution is 6.44. The summed E-state index contributed by atoms with van der Waals surface area (Å²) in [7, 11) is 0. The molecule has 2 rings (SSSR count). The summed E-state index contributed by atoms with van der Waals surface area (Å²) in [4.78, 5) is 3.19. The zero-order valence-corrected chi connectivity index (χ0v) is 17.2. The van der Waals surface area contributed by atoms with E-state index in [4.69, 9.17) is 44.9 Å². The Bertz CT molecular complexity index is 866. The Hall–Kier alpha value is -1.49. The Kier molecular flexibility index (Phi) is 6.43. The number of halogens is 4. The average molecular weight is 418 g/mol. The van der Waals surface area contributed by atoms with Crippen molar-refractivity contribution in [1.29, 1.82) is 5.41 Å². The molecule has 7 heteroatoms. The number of benzene rings is 1. The highest BCUT2D eigenvalue weighted by Gasteiger charge is 2.26. The SMILES string of the molecule is CCO/C(C=N)=C(/c1cc(Cl)c(-c2cc(F)cc(Cl)c2Cl)[nH]1)C(C)(C)C. The first-order valence-corrected chi connectivity index (χ1v) is 9.15. The second-order valence-electron chi connectivity index (χ2n) is 6.72. The van der Waals surface area contributed by atoms with Crippen LogP contribution in [-0.4, -0.2) is 17.8 Å². The highest BCUT2D eigenvalue weighted by atomic mass is 35.5. The molecule has 0 saturated heterocycles. The van der Waals surface area contributed by atoms with Gasteiger partial charge >= 0.3 is 0 Å². The molecule has 0 bridgehead atoms. The number of ether oxygens (including phenoxy) is 1. The van der Waals surface area contributed by atoms with Crippen molar-refractivity contribution in [3.8, 4) is 11.3 Å². The number of aromatic nitrogens is 1. The van der Waals surface area contributed by atoms with E-state index in [1.807, 2.05) is 27.7 Å². The van der Waals surface area contributed by atoms with Gasteiger partial charge in [0.1, 0.15) is 11.6 Å². The molecule has 0 aliphatic carbocycles. The molecule has 140 valence electrons. The third-order valence-electron chi connectivity index (χ3n) is 3.73. The van der Waals surface area contributed by atoms with Gasteiger partial charge in [0.15, 0.2) is 0 Å². The number of H-pyrrole nitrogens is 1. The summed E-state index contributed by atoms with van der Waals surface area (Å²) in [5, 5.41) is 8.38. The number of hydrogen-bond acceptors (Lipinski definition) is 2. The topological polar surface area (TPSA) is 48.9 Å². The van der Waals surface area contributed by atoms with E-state index in [2.05, 4.69) is 4.98 Å². The first kappa shape index (κ1) is 20.8. The quantitative estimate of drug-likeness (QED) is 0.301. The van der Waals surface area contributed by atoms with Crippen LogP contribution in [-0.2, 0) is 4.74 Å². The molecule has 0 saturated carbocycles. The molecular formula is C19H20Cl3FN2O. The maximum absolute atomic E-state index is 13.8. The second-order valence-corrected chi connectivity index (χ2v) is 7.91. The molecule has 0 unspecified atom stereocenters. The van der Waals surface area contributed by atoms with Crippen LogP contribution in [0.2, 0.25) is 15.1 Å². The Labute approximate surface area is 167 Å². The smallest absolute Gasteiger partial charge is 0.142 e. The van der Waals surface area contributed by atoms with Crippen molar-refractivity contribution in [3.63, 3.8) is 0 Å². The molecule has 0 aliphatic rings. The van der Waals surface area contributed by atoms with E-state index in [-0.39, 0.29) is 15.5 Å². The largest absolute Gasteiger partial charge is 0.492 e. The van der Waals surface area contributed by atoms with Gasteiger partial charge in [-0.25, -0.2) is 4.39 Å². The van der Waals surface area contributed by atoms with Crippen LogP contribution in [0.3, 0.4) is 0 Å². The molecule has 1 aromatic carbocycles. The minimum absolute atomic E-state index is 0.106. The van der Waals surface area contributed by atoms with Crippen molar-refractivity contribution in [2.75, 3.05) is 6.61 Å². The van der Waals surface area contributed by atoms with Crippen molar-refractivity contribution < 1.29 is 9.13 Å². The summed E-state index contributed by atoms with van der Waals surface area (Å²) >= 11 is 18.6. The second kappa shape index (κ2) is 8.03. The summed E-state index contributed by atoms with van der Waals surface area (Å²) < 4.78 is 19.4. The molecular weight excluding hydrogens is 398 g/mol. The van der Waals surface area contributed by atoms with E-state index < -0.39 is 5.82 Å². The van der Waals surface area contributed by atoms with Crippen LogP contribution < -0.4 is 0 Å². The van der Waals surface area contributed by atoms with Crippen molar-refractivity contribution in [2.24, 2.45) is 5.41 Å². The van der Waals surface area contributed by atoms with E-state index in [9.17, 15) is 4.39 Å². The molecule has 26 heavy (non-hydrogen) atoms. The molecule has 2 aromatic rings. The van der Waals surface area contributed by atoms with Crippen LogP contribution >= 0.6 is 34.8 Å². The number of hydrogen-bond donors (Lipinski definition) is 2. The Morgan fingerprint density at radius 1 is 1.19 bits per heavy atom. The lowest BCUT2D eigenvalue weighted by atomic mass is 9.83. The van der Waals surface area contributed by atoms with Crippen LogP contribution in [0.15, 0.2) is 24.0 Å². The number of rotatable bonds is 5. The maximum atomic E-state index is 13.8. The number of nitrogens with one attached hydrogen (secondary N) is 2. The third kappa shape index (κ3) is 4.25. The van der Waals surface area contributed by atoms with Gasteiger partial charge in [-0.1, -0.05) is 55.6 Å². The Balaban J connectivity index is 2.71. The van der Waals surface area contributed by atoms with E-state index >= 15 is 0 Å². The molecule has 1 heterocycles. The summed E-state index contributed by atoms with van der Waals surface area (Å²) in [6.45, 7) is 8.30. The van der Waals surface area contributed by atoms with Gasteiger partial charge in [0.2, 0.25) is 0 Å². The minimum atomic E-state index is -0.511.